The molecular formula is C14H26. The van der Waals surface area contributed by atoms with Gasteiger partial charge in [0.2, 0.25) is 0 Å². The Hall–Kier alpha value is 0. The summed E-state index contributed by atoms with van der Waals surface area (Å²) in [6, 6.07) is 0. The minimum Gasteiger partial charge on any atom is -0.0654 e. The molecule has 0 heteroatoms. The summed E-state index contributed by atoms with van der Waals surface area (Å²) in [6.45, 7) is 7.23. The predicted molar refractivity (Wildman–Crippen MR) is 62.3 cm³/mol. The summed E-state index contributed by atoms with van der Waals surface area (Å²) in [7, 11) is 0. The van der Waals surface area contributed by atoms with E-state index >= 15 is 0 Å². The Bertz CT molecular complexity index is 188. The van der Waals surface area contributed by atoms with Crippen molar-refractivity contribution in [2.75, 3.05) is 0 Å². The van der Waals surface area contributed by atoms with Gasteiger partial charge in [-0.3, -0.25) is 0 Å². The second kappa shape index (κ2) is 3.54. The van der Waals surface area contributed by atoms with Gasteiger partial charge in [-0.2, -0.15) is 0 Å². The first-order valence-corrected chi connectivity index (χ1v) is 6.63. The molecule has 2 aliphatic rings. The predicted octanol–water partition coefficient (Wildman–Crippen LogP) is 4.78. The summed E-state index contributed by atoms with van der Waals surface area (Å²) in [5, 5.41) is 0. The van der Waals surface area contributed by atoms with Crippen LogP contribution in [-0.4, -0.2) is 0 Å². The lowest BCUT2D eigenvalue weighted by Crippen LogP contribution is -2.48. The molecule has 0 unspecified atom stereocenters. The molecule has 0 N–H and O–H groups in total. The Labute approximate surface area is 89.5 Å². The minimum atomic E-state index is 0.749. The van der Waals surface area contributed by atoms with Crippen LogP contribution in [0.5, 0.6) is 0 Å². The monoisotopic (exact) mass is 194 g/mol. The molecule has 1 spiro atoms. The largest absolute Gasteiger partial charge is 0.0654 e. The van der Waals surface area contributed by atoms with Crippen LogP contribution in [0.1, 0.15) is 72.1 Å². The van der Waals surface area contributed by atoms with Gasteiger partial charge in [-0.15, -0.1) is 0 Å². The van der Waals surface area contributed by atoms with Crippen LogP contribution in [-0.2, 0) is 0 Å². The van der Waals surface area contributed by atoms with Crippen molar-refractivity contribution in [3.63, 3.8) is 0 Å². The normalized spacial score (nSPS) is 28.3. The molecule has 0 aliphatic heterocycles. The molecule has 0 aromatic rings. The fourth-order valence-electron chi connectivity index (χ4n) is 4.29. The fraction of sp³-hybridized carbons (Fsp3) is 1.00. The molecule has 0 atom stereocenters. The second-order valence-corrected chi connectivity index (χ2v) is 6.33. The first kappa shape index (κ1) is 10.5. The lowest BCUT2D eigenvalue weighted by Gasteiger charge is -2.58. The maximum atomic E-state index is 2.44. The second-order valence-electron chi connectivity index (χ2n) is 6.33. The zero-order valence-corrected chi connectivity index (χ0v) is 10.2. The van der Waals surface area contributed by atoms with E-state index in [4.69, 9.17) is 0 Å². The molecule has 0 nitrogen and oxygen atoms in total. The van der Waals surface area contributed by atoms with Gasteiger partial charge in [0.1, 0.15) is 0 Å². The van der Waals surface area contributed by atoms with Crippen LogP contribution < -0.4 is 0 Å². The van der Waals surface area contributed by atoms with Gasteiger partial charge in [0.15, 0.2) is 0 Å². The SMILES string of the molecule is CCCC1(C(C)C)CC2(CCCC2)C1. The van der Waals surface area contributed by atoms with Crippen LogP contribution in [0.2, 0.25) is 0 Å². The average molecular weight is 194 g/mol. The topological polar surface area (TPSA) is 0 Å². The summed E-state index contributed by atoms with van der Waals surface area (Å²) in [4.78, 5) is 0. The van der Waals surface area contributed by atoms with Crippen molar-refractivity contribution in [3.8, 4) is 0 Å². The molecule has 14 heavy (non-hydrogen) atoms. The standard InChI is InChI=1S/C14H26/c1-4-7-14(12(2)3)10-13(11-14)8-5-6-9-13/h12H,4-11H2,1-3H3. The third-order valence-corrected chi connectivity index (χ3v) is 5.09. The number of hydrogen-bond acceptors (Lipinski definition) is 0. The summed E-state index contributed by atoms with van der Waals surface area (Å²) in [6.07, 6.45) is 12.1. The Kier molecular flexibility index (Phi) is 2.66. The van der Waals surface area contributed by atoms with Crippen molar-refractivity contribution in [1.29, 1.82) is 0 Å². The molecule has 2 rings (SSSR count). The molecule has 82 valence electrons. The Morgan fingerprint density at radius 2 is 1.64 bits per heavy atom. The van der Waals surface area contributed by atoms with E-state index in [1.54, 1.807) is 25.7 Å². The quantitative estimate of drug-likeness (QED) is 0.606. The molecule has 0 saturated heterocycles. The van der Waals surface area contributed by atoms with E-state index in [-0.39, 0.29) is 0 Å². The molecule has 2 aliphatic carbocycles. The Balaban J connectivity index is 1.98. The van der Waals surface area contributed by atoms with Gasteiger partial charge >= 0.3 is 0 Å². The highest BCUT2D eigenvalue weighted by molar-refractivity contribution is 5.05. The van der Waals surface area contributed by atoms with Crippen LogP contribution in [0.4, 0.5) is 0 Å². The van der Waals surface area contributed by atoms with E-state index in [1.807, 2.05) is 0 Å². The first-order chi connectivity index (χ1) is 6.63. The lowest BCUT2D eigenvalue weighted by molar-refractivity contribution is -0.0771. The zero-order chi connectivity index (χ0) is 10.2. The third-order valence-electron chi connectivity index (χ3n) is 5.09. The van der Waals surface area contributed by atoms with Crippen molar-refractivity contribution in [1.82, 2.24) is 0 Å². The van der Waals surface area contributed by atoms with Crippen molar-refractivity contribution < 1.29 is 0 Å². The van der Waals surface area contributed by atoms with Gasteiger partial charge in [-0.05, 0) is 48.9 Å². The van der Waals surface area contributed by atoms with Crippen LogP contribution in [0.3, 0.4) is 0 Å². The van der Waals surface area contributed by atoms with E-state index in [9.17, 15) is 0 Å². The number of rotatable bonds is 3. The summed E-state index contributed by atoms with van der Waals surface area (Å²) < 4.78 is 0. The van der Waals surface area contributed by atoms with Crippen LogP contribution >= 0.6 is 0 Å². The molecule has 2 saturated carbocycles. The Morgan fingerprint density at radius 3 is 2.07 bits per heavy atom. The van der Waals surface area contributed by atoms with Gasteiger partial charge in [0.25, 0.3) is 0 Å². The van der Waals surface area contributed by atoms with E-state index in [0.717, 1.165) is 16.7 Å². The minimum absolute atomic E-state index is 0.749. The number of hydrogen-bond donors (Lipinski definition) is 0. The summed E-state index contributed by atoms with van der Waals surface area (Å²) in [5.41, 5.74) is 1.58. The highest BCUT2D eigenvalue weighted by Crippen LogP contribution is 2.66. The van der Waals surface area contributed by atoms with Crippen LogP contribution in [0.15, 0.2) is 0 Å². The van der Waals surface area contributed by atoms with Crippen molar-refractivity contribution >= 4 is 0 Å². The molecular weight excluding hydrogens is 168 g/mol. The summed E-state index contributed by atoms with van der Waals surface area (Å²) in [5.74, 6) is 0.911. The maximum Gasteiger partial charge on any atom is -0.0264 e. The van der Waals surface area contributed by atoms with Gasteiger partial charge in [-0.25, -0.2) is 0 Å². The van der Waals surface area contributed by atoms with Crippen LogP contribution in [0, 0.1) is 16.7 Å². The summed E-state index contributed by atoms with van der Waals surface area (Å²) >= 11 is 0. The lowest BCUT2D eigenvalue weighted by atomic mass is 9.47. The van der Waals surface area contributed by atoms with Crippen LogP contribution in [0.25, 0.3) is 0 Å². The highest BCUT2D eigenvalue weighted by Gasteiger charge is 2.55. The van der Waals surface area contributed by atoms with Gasteiger partial charge in [0.05, 0.1) is 0 Å². The van der Waals surface area contributed by atoms with Gasteiger partial charge in [-0.1, -0.05) is 40.0 Å². The average Bonchev–Trinajstić information content (AvgIpc) is 2.51. The first-order valence-electron chi connectivity index (χ1n) is 6.63. The molecule has 0 amide bonds. The van der Waals surface area contributed by atoms with E-state index in [0.29, 0.717) is 0 Å². The highest BCUT2D eigenvalue weighted by atomic mass is 14.6. The fourth-order valence-corrected chi connectivity index (χ4v) is 4.29. The van der Waals surface area contributed by atoms with Gasteiger partial charge < -0.3 is 0 Å². The molecule has 0 radical (unpaired) electrons. The zero-order valence-electron chi connectivity index (χ0n) is 10.2. The molecule has 0 heterocycles. The molecule has 0 bridgehead atoms. The Morgan fingerprint density at radius 1 is 1.07 bits per heavy atom. The third kappa shape index (κ3) is 1.51. The van der Waals surface area contributed by atoms with E-state index in [1.165, 1.54) is 25.7 Å². The molecule has 0 aromatic heterocycles. The maximum absolute atomic E-state index is 2.44. The van der Waals surface area contributed by atoms with Crippen molar-refractivity contribution in [3.05, 3.63) is 0 Å². The van der Waals surface area contributed by atoms with Crippen molar-refractivity contribution in [2.45, 2.75) is 72.1 Å². The smallest absolute Gasteiger partial charge is 0.0264 e. The van der Waals surface area contributed by atoms with Gasteiger partial charge in [0, 0.05) is 0 Å². The molecule has 2 fully saturated rings. The van der Waals surface area contributed by atoms with Crippen molar-refractivity contribution in [2.24, 2.45) is 16.7 Å². The molecule has 0 aromatic carbocycles. The van der Waals surface area contributed by atoms with E-state index < -0.39 is 0 Å². The van der Waals surface area contributed by atoms with E-state index in [2.05, 4.69) is 20.8 Å².